The highest BCUT2D eigenvalue weighted by Crippen LogP contribution is 2.41. The number of hydrogen-bond donors (Lipinski definition) is 2. The first-order valence-corrected chi connectivity index (χ1v) is 19.1. The van der Waals surface area contributed by atoms with E-state index in [0.29, 0.717) is 5.56 Å². The molecule has 4 aromatic carbocycles. The van der Waals surface area contributed by atoms with Gasteiger partial charge in [0.25, 0.3) is 11.8 Å². The summed E-state index contributed by atoms with van der Waals surface area (Å²) in [5.74, 6) is -3.54. The average Bonchev–Trinajstić information content (AvgIpc) is 3.74. The van der Waals surface area contributed by atoms with Gasteiger partial charge in [-0.25, -0.2) is 9.59 Å². The molecule has 0 fully saturated rings. The van der Waals surface area contributed by atoms with Gasteiger partial charge in [0, 0.05) is 42.0 Å². The summed E-state index contributed by atoms with van der Waals surface area (Å²) < 4.78 is 47.0. The second kappa shape index (κ2) is 16.0. The van der Waals surface area contributed by atoms with E-state index >= 15 is 0 Å². The zero-order chi connectivity index (χ0) is 38.0. The van der Waals surface area contributed by atoms with Crippen LogP contribution in [-0.2, 0) is 10.9 Å². The molecule has 7 nitrogen and oxygen atoms in total. The molecule has 53 heavy (non-hydrogen) atoms. The van der Waals surface area contributed by atoms with Gasteiger partial charge in [-0.05, 0) is 83.9 Å². The molecule has 2 aromatic heterocycles. The number of ether oxygens (including phenoxy) is 1. The van der Waals surface area contributed by atoms with Gasteiger partial charge in [0.2, 0.25) is 0 Å². The van der Waals surface area contributed by atoms with Crippen LogP contribution in [0.15, 0.2) is 111 Å². The predicted octanol–water partition coefficient (Wildman–Crippen LogP) is 12.5. The molecule has 2 amide bonds. The SMILES string of the molecule is O=C(Nc1scc(-c2ccc(C(F)(F)F)cc2)c1C(=O)OC(=O)c1c(-c2ccc(Cl)c(Cl)c2)csc1NC(=O)c1ccc(Br)cc1)c1ccc(Br)cc1. The largest absolute Gasteiger partial charge is 0.416 e. The molecule has 16 heteroatoms. The number of alkyl halides is 3. The van der Waals surface area contributed by atoms with Crippen LogP contribution >= 0.6 is 77.7 Å². The third-order valence-electron chi connectivity index (χ3n) is 7.60. The summed E-state index contributed by atoms with van der Waals surface area (Å²) in [6.07, 6.45) is -4.61. The van der Waals surface area contributed by atoms with Crippen molar-refractivity contribution in [2.24, 2.45) is 0 Å². The molecule has 6 aromatic rings. The Kier molecular flexibility index (Phi) is 11.6. The quantitative estimate of drug-likeness (QED) is 0.117. The van der Waals surface area contributed by atoms with Gasteiger partial charge in [0.15, 0.2) is 0 Å². The fourth-order valence-electron chi connectivity index (χ4n) is 4.97. The van der Waals surface area contributed by atoms with Crippen LogP contribution in [0.25, 0.3) is 22.3 Å². The number of thiophene rings is 2. The predicted molar refractivity (Wildman–Crippen MR) is 208 cm³/mol. The van der Waals surface area contributed by atoms with Gasteiger partial charge in [-0.2, -0.15) is 13.2 Å². The number of rotatable bonds is 8. The number of esters is 2. The number of anilines is 2. The summed E-state index contributed by atoms with van der Waals surface area (Å²) >= 11 is 20.9. The van der Waals surface area contributed by atoms with Crippen molar-refractivity contribution in [1.82, 2.24) is 0 Å². The molecule has 0 radical (unpaired) electrons. The smallest absolute Gasteiger partial charge is 0.386 e. The second-order valence-electron chi connectivity index (χ2n) is 11.0. The van der Waals surface area contributed by atoms with Crippen LogP contribution < -0.4 is 10.6 Å². The highest BCUT2D eigenvalue weighted by molar-refractivity contribution is 9.10. The molecule has 6 rings (SSSR count). The van der Waals surface area contributed by atoms with Gasteiger partial charge in [-0.3, -0.25) is 9.59 Å². The Labute approximate surface area is 334 Å². The van der Waals surface area contributed by atoms with Crippen molar-refractivity contribution in [2.75, 3.05) is 10.6 Å². The zero-order valence-corrected chi connectivity index (χ0v) is 32.6. The molecule has 0 atom stereocenters. The maximum absolute atomic E-state index is 14.1. The van der Waals surface area contributed by atoms with E-state index in [1.807, 2.05) is 0 Å². The van der Waals surface area contributed by atoms with Crippen molar-refractivity contribution >= 4 is 111 Å². The Balaban J connectivity index is 1.39. The van der Waals surface area contributed by atoms with E-state index in [0.717, 1.165) is 43.8 Å². The molecule has 0 aliphatic rings. The first-order valence-electron chi connectivity index (χ1n) is 15.0. The molecule has 0 aliphatic carbocycles. The third-order valence-corrected chi connectivity index (χ3v) is 11.2. The fourth-order valence-corrected chi connectivity index (χ4v) is 7.70. The monoisotopic (exact) mass is 920 g/mol. The van der Waals surface area contributed by atoms with Crippen molar-refractivity contribution < 1.29 is 37.1 Å². The van der Waals surface area contributed by atoms with Gasteiger partial charge in [-0.1, -0.05) is 73.3 Å². The van der Waals surface area contributed by atoms with Gasteiger partial charge in [-0.15, -0.1) is 22.7 Å². The highest BCUT2D eigenvalue weighted by atomic mass is 79.9. The van der Waals surface area contributed by atoms with Crippen LogP contribution in [0.1, 0.15) is 47.0 Å². The van der Waals surface area contributed by atoms with Crippen molar-refractivity contribution in [3.05, 3.63) is 149 Å². The standard InChI is InChI=1S/C37H19Br2Cl2F3N2O5S2/c38-23-10-3-19(4-11-23)31(47)45-33-29(25(16-52-33)18-1-8-22(9-2-18)37(42,43)44)35(49)51-36(50)30-26(21-7-14-27(40)28(41)15-21)17-53-34(30)46-32(48)20-5-12-24(39)13-6-20/h1-17H,(H,45,47)(H,46,48). The van der Waals surface area contributed by atoms with Crippen LogP contribution in [0.3, 0.4) is 0 Å². The summed E-state index contributed by atoms with van der Waals surface area (Å²) in [5, 5.41) is 8.84. The van der Waals surface area contributed by atoms with E-state index in [-0.39, 0.29) is 59.0 Å². The molecule has 0 saturated carbocycles. The van der Waals surface area contributed by atoms with Crippen molar-refractivity contribution in [3.63, 3.8) is 0 Å². The average molecular weight is 923 g/mol. The molecule has 0 aliphatic heterocycles. The van der Waals surface area contributed by atoms with Gasteiger partial charge in [0.1, 0.15) is 21.1 Å². The van der Waals surface area contributed by atoms with Crippen molar-refractivity contribution in [1.29, 1.82) is 0 Å². The number of benzene rings is 4. The van der Waals surface area contributed by atoms with E-state index < -0.39 is 35.5 Å². The summed E-state index contributed by atoms with van der Waals surface area (Å²) in [5.41, 5.74) is 0.113. The number of hydrogen-bond acceptors (Lipinski definition) is 7. The van der Waals surface area contributed by atoms with E-state index in [9.17, 15) is 32.3 Å². The fraction of sp³-hybridized carbons (Fsp3) is 0.0270. The maximum atomic E-state index is 14.1. The summed E-state index contributed by atoms with van der Waals surface area (Å²) in [7, 11) is 0. The normalized spacial score (nSPS) is 11.2. The molecular weight excluding hydrogens is 904 g/mol. The third kappa shape index (κ3) is 8.75. The minimum absolute atomic E-state index is 0.0237. The number of carbonyl (C=O) groups is 4. The second-order valence-corrected chi connectivity index (χ2v) is 15.4. The van der Waals surface area contributed by atoms with Crippen molar-refractivity contribution in [3.8, 4) is 22.3 Å². The molecule has 2 N–H and O–H groups in total. The first-order chi connectivity index (χ1) is 25.2. The van der Waals surface area contributed by atoms with Gasteiger partial charge < -0.3 is 15.4 Å². The lowest BCUT2D eigenvalue weighted by Crippen LogP contribution is -2.19. The van der Waals surface area contributed by atoms with Crippen LogP contribution in [0.4, 0.5) is 23.2 Å². The van der Waals surface area contributed by atoms with Crippen LogP contribution in [-0.4, -0.2) is 23.8 Å². The van der Waals surface area contributed by atoms with Crippen molar-refractivity contribution in [2.45, 2.75) is 6.18 Å². The van der Waals surface area contributed by atoms with Gasteiger partial charge >= 0.3 is 18.1 Å². The Morgan fingerprint density at radius 3 is 1.47 bits per heavy atom. The topological polar surface area (TPSA) is 102 Å². The Morgan fingerprint density at radius 1 is 0.604 bits per heavy atom. The maximum Gasteiger partial charge on any atom is 0.416 e. The van der Waals surface area contributed by atoms with E-state index in [4.69, 9.17) is 27.9 Å². The van der Waals surface area contributed by atoms with Gasteiger partial charge in [0.05, 0.1) is 15.6 Å². The number of carbonyl (C=O) groups excluding carboxylic acids is 4. The summed E-state index contributed by atoms with van der Waals surface area (Å²) in [6, 6.07) is 21.5. The van der Waals surface area contributed by atoms with Crippen LogP contribution in [0.5, 0.6) is 0 Å². The Bertz CT molecular complexity index is 2380. The number of amides is 2. The lowest BCUT2D eigenvalue weighted by molar-refractivity contribution is -0.137. The molecule has 2 heterocycles. The minimum Gasteiger partial charge on any atom is -0.386 e. The molecule has 0 bridgehead atoms. The molecular formula is C37H19Br2Cl2F3N2O5S2. The minimum atomic E-state index is -4.61. The first kappa shape index (κ1) is 38.4. The zero-order valence-electron chi connectivity index (χ0n) is 26.3. The number of nitrogens with one attached hydrogen (secondary N) is 2. The molecule has 0 spiro atoms. The van der Waals surface area contributed by atoms with E-state index in [1.165, 1.54) is 41.8 Å². The summed E-state index contributed by atoms with van der Waals surface area (Å²) in [4.78, 5) is 54.6. The number of halogens is 7. The van der Waals surface area contributed by atoms with Crippen LogP contribution in [0.2, 0.25) is 10.0 Å². The highest BCUT2D eigenvalue weighted by Gasteiger charge is 2.32. The Hall–Kier alpha value is -4.31. The molecule has 268 valence electrons. The lowest BCUT2D eigenvalue weighted by atomic mass is 10.0. The van der Waals surface area contributed by atoms with E-state index in [2.05, 4.69) is 42.5 Å². The summed E-state index contributed by atoms with van der Waals surface area (Å²) in [6.45, 7) is 0. The Morgan fingerprint density at radius 2 is 1.04 bits per heavy atom. The van der Waals surface area contributed by atoms with Crippen LogP contribution in [0, 0.1) is 0 Å². The lowest BCUT2D eigenvalue weighted by Gasteiger charge is -2.12. The molecule has 0 saturated heterocycles. The van der Waals surface area contributed by atoms with E-state index in [1.54, 1.807) is 47.8 Å². The molecule has 0 unspecified atom stereocenters.